The number of anilines is 4. The van der Waals surface area contributed by atoms with E-state index in [9.17, 15) is 0 Å². The molecule has 2 N–H and O–H groups in total. The SMILES string of the molecule is CCOc1ccccc1Nc1cc(Nc2ccc(C)cc2C)nc(C)n1. The molecule has 0 aliphatic heterocycles. The second-order valence-electron chi connectivity index (χ2n) is 6.18. The van der Waals surface area contributed by atoms with Gasteiger partial charge in [0.1, 0.15) is 23.2 Å². The van der Waals surface area contributed by atoms with Crippen molar-refractivity contribution < 1.29 is 4.74 Å². The molecule has 0 fully saturated rings. The molecular weight excluding hydrogens is 324 g/mol. The van der Waals surface area contributed by atoms with Crippen molar-refractivity contribution in [2.45, 2.75) is 27.7 Å². The average molecular weight is 348 g/mol. The van der Waals surface area contributed by atoms with Crippen LogP contribution >= 0.6 is 0 Å². The van der Waals surface area contributed by atoms with Gasteiger partial charge in [0.15, 0.2) is 0 Å². The van der Waals surface area contributed by atoms with Crippen molar-refractivity contribution in [1.29, 1.82) is 0 Å². The Morgan fingerprint density at radius 1 is 0.846 bits per heavy atom. The fourth-order valence-corrected chi connectivity index (χ4v) is 2.78. The average Bonchev–Trinajstić information content (AvgIpc) is 2.59. The number of aromatic nitrogens is 2. The van der Waals surface area contributed by atoms with Gasteiger partial charge in [0, 0.05) is 11.8 Å². The number of ether oxygens (including phenoxy) is 1. The van der Waals surface area contributed by atoms with Gasteiger partial charge in [-0.3, -0.25) is 0 Å². The molecule has 26 heavy (non-hydrogen) atoms. The maximum absolute atomic E-state index is 5.67. The summed E-state index contributed by atoms with van der Waals surface area (Å²) in [5.74, 6) is 2.96. The molecule has 3 aromatic rings. The van der Waals surface area contributed by atoms with Gasteiger partial charge in [-0.25, -0.2) is 9.97 Å². The molecule has 1 aromatic heterocycles. The Balaban J connectivity index is 1.86. The van der Waals surface area contributed by atoms with Crippen molar-refractivity contribution in [2.24, 2.45) is 0 Å². The van der Waals surface area contributed by atoms with Crippen LogP contribution in [0.15, 0.2) is 48.5 Å². The van der Waals surface area contributed by atoms with Gasteiger partial charge >= 0.3 is 0 Å². The van der Waals surface area contributed by atoms with Gasteiger partial charge in [-0.2, -0.15) is 0 Å². The highest BCUT2D eigenvalue weighted by Crippen LogP contribution is 2.28. The van der Waals surface area contributed by atoms with E-state index in [0.29, 0.717) is 12.4 Å². The molecule has 0 spiro atoms. The van der Waals surface area contributed by atoms with Crippen LogP contribution in [-0.2, 0) is 0 Å². The van der Waals surface area contributed by atoms with Gasteiger partial charge in [-0.1, -0.05) is 29.8 Å². The minimum absolute atomic E-state index is 0.612. The summed E-state index contributed by atoms with van der Waals surface area (Å²) in [7, 11) is 0. The predicted octanol–water partition coefficient (Wildman–Crippen LogP) is 5.29. The Labute approximate surface area is 154 Å². The third-order valence-corrected chi connectivity index (χ3v) is 3.93. The number of rotatable bonds is 6. The zero-order chi connectivity index (χ0) is 18.5. The normalized spacial score (nSPS) is 10.5. The summed E-state index contributed by atoms with van der Waals surface area (Å²) in [5.41, 5.74) is 4.33. The van der Waals surface area contributed by atoms with Crippen molar-refractivity contribution in [3.05, 3.63) is 65.5 Å². The number of hydrogen-bond donors (Lipinski definition) is 2. The van der Waals surface area contributed by atoms with Gasteiger partial charge < -0.3 is 15.4 Å². The van der Waals surface area contributed by atoms with Crippen molar-refractivity contribution in [3.8, 4) is 5.75 Å². The standard InChI is InChI=1S/C21H24N4O/c1-5-26-19-9-7-6-8-18(19)25-21-13-20(22-16(4)23-21)24-17-11-10-14(2)12-15(17)3/h6-13H,5H2,1-4H3,(H2,22,23,24,25). The monoisotopic (exact) mass is 348 g/mol. The first-order chi connectivity index (χ1) is 12.5. The Morgan fingerprint density at radius 3 is 2.23 bits per heavy atom. The quantitative estimate of drug-likeness (QED) is 0.634. The molecule has 0 saturated heterocycles. The molecule has 0 saturated carbocycles. The highest BCUT2D eigenvalue weighted by Gasteiger charge is 2.07. The highest BCUT2D eigenvalue weighted by molar-refractivity contribution is 5.68. The molecule has 0 atom stereocenters. The fraction of sp³-hybridized carbons (Fsp3) is 0.238. The van der Waals surface area contributed by atoms with Gasteiger partial charge in [-0.15, -0.1) is 0 Å². The van der Waals surface area contributed by atoms with E-state index in [0.717, 1.165) is 28.8 Å². The number of aryl methyl sites for hydroxylation is 3. The molecule has 0 aliphatic rings. The lowest BCUT2D eigenvalue weighted by molar-refractivity contribution is 0.342. The maximum Gasteiger partial charge on any atom is 0.142 e. The van der Waals surface area contributed by atoms with E-state index in [-0.39, 0.29) is 0 Å². The molecule has 0 bridgehead atoms. The van der Waals surface area contributed by atoms with E-state index in [1.807, 2.05) is 44.2 Å². The maximum atomic E-state index is 5.67. The summed E-state index contributed by atoms with van der Waals surface area (Å²) < 4.78 is 5.67. The van der Waals surface area contributed by atoms with Crippen LogP contribution in [0.4, 0.5) is 23.0 Å². The minimum atomic E-state index is 0.612. The number of hydrogen-bond acceptors (Lipinski definition) is 5. The van der Waals surface area contributed by atoms with Gasteiger partial charge in [0.05, 0.1) is 12.3 Å². The largest absolute Gasteiger partial charge is 0.492 e. The summed E-state index contributed by atoms with van der Waals surface area (Å²) >= 11 is 0. The Hall–Kier alpha value is -3.08. The Morgan fingerprint density at radius 2 is 1.54 bits per heavy atom. The van der Waals surface area contributed by atoms with Crippen LogP contribution in [0.1, 0.15) is 23.9 Å². The number of nitrogens with zero attached hydrogens (tertiary/aromatic N) is 2. The Kier molecular flexibility index (Phi) is 5.37. The first-order valence-corrected chi connectivity index (χ1v) is 8.74. The molecule has 2 aromatic carbocycles. The lowest BCUT2D eigenvalue weighted by atomic mass is 10.1. The molecule has 134 valence electrons. The van der Waals surface area contributed by atoms with Crippen LogP contribution < -0.4 is 15.4 Å². The van der Waals surface area contributed by atoms with E-state index in [1.54, 1.807) is 0 Å². The predicted molar refractivity (Wildman–Crippen MR) is 107 cm³/mol. The zero-order valence-electron chi connectivity index (χ0n) is 15.6. The second kappa shape index (κ2) is 7.87. The Bertz CT molecular complexity index is 908. The first-order valence-electron chi connectivity index (χ1n) is 8.74. The van der Waals surface area contributed by atoms with E-state index < -0.39 is 0 Å². The summed E-state index contributed by atoms with van der Waals surface area (Å²) in [4.78, 5) is 8.99. The third-order valence-electron chi connectivity index (χ3n) is 3.93. The lowest BCUT2D eigenvalue weighted by Gasteiger charge is -2.14. The topological polar surface area (TPSA) is 59.1 Å². The lowest BCUT2D eigenvalue weighted by Crippen LogP contribution is -2.03. The third kappa shape index (κ3) is 4.30. The van der Waals surface area contributed by atoms with Crippen LogP contribution in [0.2, 0.25) is 0 Å². The van der Waals surface area contributed by atoms with Crippen molar-refractivity contribution in [1.82, 2.24) is 9.97 Å². The molecule has 0 aliphatic carbocycles. The molecule has 0 radical (unpaired) electrons. The van der Waals surface area contributed by atoms with E-state index in [4.69, 9.17) is 4.74 Å². The van der Waals surface area contributed by atoms with Crippen LogP contribution in [0.3, 0.4) is 0 Å². The van der Waals surface area contributed by atoms with E-state index in [2.05, 4.69) is 52.6 Å². The van der Waals surface area contributed by atoms with Crippen LogP contribution in [0.25, 0.3) is 0 Å². The van der Waals surface area contributed by atoms with Crippen molar-refractivity contribution in [2.75, 3.05) is 17.2 Å². The van der Waals surface area contributed by atoms with Crippen molar-refractivity contribution >= 4 is 23.0 Å². The smallest absolute Gasteiger partial charge is 0.142 e. The molecule has 1 heterocycles. The second-order valence-corrected chi connectivity index (χ2v) is 6.18. The number of nitrogens with one attached hydrogen (secondary N) is 2. The number of benzene rings is 2. The van der Waals surface area contributed by atoms with Crippen LogP contribution in [0.5, 0.6) is 5.75 Å². The van der Waals surface area contributed by atoms with Gasteiger partial charge in [-0.05, 0) is 51.5 Å². The molecule has 0 unspecified atom stereocenters. The van der Waals surface area contributed by atoms with Gasteiger partial charge in [0.2, 0.25) is 0 Å². The molecule has 5 nitrogen and oxygen atoms in total. The summed E-state index contributed by atoms with van der Waals surface area (Å²) in [6.45, 7) is 8.63. The summed E-state index contributed by atoms with van der Waals surface area (Å²) in [6, 6.07) is 16.0. The summed E-state index contributed by atoms with van der Waals surface area (Å²) in [6.07, 6.45) is 0. The molecule has 3 rings (SSSR count). The summed E-state index contributed by atoms with van der Waals surface area (Å²) in [5, 5.41) is 6.72. The molecule has 5 heteroatoms. The van der Waals surface area contributed by atoms with E-state index >= 15 is 0 Å². The molecule has 0 amide bonds. The van der Waals surface area contributed by atoms with Crippen LogP contribution in [0, 0.1) is 20.8 Å². The van der Waals surface area contributed by atoms with Gasteiger partial charge in [0.25, 0.3) is 0 Å². The molecular formula is C21H24N4O. The van der Waals surface area contributed by atoms with Crippen LogP contribution in [-0.4, -0.2) is 16.6 Å². The highest BCUT2D eigenvalue weighted by atomic mass is 16.5. The fourth-order valence-electron chi connectivity index (χ4n) is 2.78. The van der Waals surface area contributed by atoms with E-state index in [1.165, 1.54) is 11.1 Å². The minimum Gasteiger partial charge on any atom is -0.492 e. The van der Waals surface area contributed by atoms with Crippen molar-refractivity contribution in [3.63, 3.8) is 0 Å². The first kappa shape index (κ1) is 17.7. The zero-order valence-corrected chi connectivity index (χ0v) is 15.6. The number of para-hydroxylation sites is 2.